The van der Waals surface area contributed by atoms with Crippen molar-refractivity contribution < 1.29 is 42.9 Å². The number of quaternary nitrogens is 1. The third-order valence-electron chi connectivity index (χ3n) is 11.0. The fourth-order valence-electron chi connectivity index (χ4n) is 6.84. The van der Waals surface area contributed by atoms with E-state index in [1.54, 1.807) is 0 Å². The molecular weight excluding hydrogens is 863 g/mol. The lowest BCUT2D eigenvalue weighted by Gasteiger charge is -2.25. The van der Waals surface area contributed by atoms with E-state index in [1.807, 2.05) is 21.1 Å². The molecule has 0 aliphatic heterocycles. The molecule has 0 aliphatic carbocycles. The van der Waals surface area contributed by atoms with Crippen LogP contribution < -0.4 is 0 Å². The van der Waals surface area contributed by atoms with Gasteiger partial charge in [-0.3, -0.25) is 9.59 Å². The molecule has 0 aromatic rings. The molecule has 9 nitrogen and oxygen atoms in total. The van der Waals surface area contributed by atoms with E-state index in [0.717, 1.165) is 122 Å². The summed E-state index contributed by atoms with van der Waals surface area (Å²) < 4.78 is 22.8. The first-order valence-corrected chi connectivity index (χ1v) is 27.1. The third kappa shape index (κ3) is 51.6. The van der Waals surface area contributed by atoms with Crippen molar-refractivity contribution in [2.75, 3.05) is 47.5 Å². The zero-order valence-electron chi connectivity index (χ0n) is 44.4. The largest absolute Gasteiger partial charge is 0.477 e. The fraction of sp³-hybridized carbons (Fsp3) is 0.650. The summed E-state index contributed by atoms with van der Waals surface area (Å²) in [4.78, 5) is 37.4. The quantitative estimate of drug-likeness (QED) is 0.0211. The molecule has 1 N–H and O–H groups in total. The van der Waals surface area contributed by atoms with Crippen LogP contribution >= 0.6 is 0 Å². The summed E-state index contributed by atoms with van der Waals surface area (Å²) in [5.74, 6) is -2.06. The van der Waals surface area contributed by atoms with E-state index in [4.69, 9.17) is 18.9 Å². The van der Waals surface area contributed by atoms with E-state index in [0.29, 0.717) is 17.4 Å². The Kier molecular flexibility index (Phi) is 47.4. The van der Waals surface area contributed by atoms with Gasteiger partial charge in [0.15, 0.2) is 6.10 Å². The van der Waals surface area contributed by atoms with Gasteiger partial charge >= 0.3 is 17.9 Å². The summed E-state index contributed by atoms with van der Waals surface area (Å²) in [5.41, 5.74) is 0. The van der Waals surface area contributed by atoms with Gasteiger partial charge in [0.05, 0.1) is 34.4 Å². The lowest BCUT2D eigenvalue weighted by atomic mass is 10.1. The van der Waals surface area contributed by atoms with Crippen LogP contribution in [0.3, 0.4) is 0 Å². The molecule has 0 heterocycles. The van der Waals surface area contributed by atoms with E-state index in [2.05, 4.69) is 123 Å². The van der Waals surface area contributed by atoms with Gasteiger partial charge in [-0.05, 0) is 103 Å². The second-order valence-electron chi connectivity index (χ2n) is 18.8. The Hall–Kier alpha value is -4.05. The molecule has 9 heteroatoms. The van der Waals surface area contributed by atoms with Crippen LogP contribution in [-0.4, -0.2) is 87.4 Å². The average Bonchev–Trinajstić information content (AvgIpc) is 3.31. The number of hydrogen-bond acceptors (Lipinski definition) is 7. The third-order valence-corrected chi connectivity index (χ3v) is 11.0. The monoisotopic (exact) mass is 963 g/mol. The summed E-state index contributed by atoms with van der Waals surface area (Å²) in [6.45, 7) is 4.68. The number of hydrogen-bond donors (Lipinski definition) is 1. The van der Waals surface area contributed by atoms with Crippen LogP contribution in [0.15, 0.2) is 109 Å². The van der Waals surface area contributed by atoms with Gasteiger partial charge in [-0.2, -0.15) is 0 Å². The number of allylic oxidation sites excluding steroid dienone is 18. The van der Waals surface area contributed by atoms with Crippen molar-refractivity contribution in [3.63, 3.8) is 0 Å². The van der Waals surface area contributed by atoms with Crippen LogP contribution in [0.4, 0.5) is 0 Å². The number of ether oxygens (including phenoxy) is 4. The Labute approximate surface area is 422 Å². The Morgan fingerprint density at radius 3 is 1.23 bits per heavy atom. The zero-order valence-corrected chi connectivity index (χ0v) is 44.4. The van der Waals surface area contributed by atoms with Crippen LogP contribution in [0.2, 0.25) is 0 Å². The molecule has 0 fully saturated rings. The predicted molar refractivity (Wildman–Crippen MR) is 290 cm³/mol. The van der Waals surface area contributed by atoms with Gasteiger partial charge in [0.25, 0.3) is 6.29 Å². The van der Waals surface area contributed by atoms with Crippen LogP contribution in [0.5, 0.6) is 0 Å². The summed E-state index contributed by atoms with van der Waals surface area (Å²) in [7, 11) is 5.94. The number of likely N-dealkylation sites (N-methyl/N-ethyl adjacent to an activating group) is 1. The number of rotatable bonds is 48. The molecule has 0 aromatic carbocycles. The van der Waals surface area contributed by atoms with Crippen LogP contribution in [-0.2, 0) is 33.3 Å². The van der Waals surface area contributed by atoms with Crippen LogP contribution in [0.1, 0.15) is 194 Å². The lowest BCUT2D eigenvalue weighted by molar-refractivity contribution is -0.870. The fourth-order valence-corrected chi connectivity index (χ4v) is 6.84. The van der Waals surface area contributed by atoms with E-state index < -0.39 is 24.3 Å². The summed E-state index contributed by atoms with van der Waals surface area (Å²) >= 11 is 0. The van der Waals surface area contributed by atoms with Crippen molar-refractivity contribution >= 4 is 17.9 Å². The Morgan fingerprint density at radius 2 is 0.826 bits per heavy atom. The Morgan fingerprint density at radius 1 is 0.449 bits per heavy atom. The van der Waals surface area contributed by atoms with Crippen molar-refractivity contribution in [3.8, 4) is 0 Å². The van der Waals surface area contributed by atoms with E-state index in [1.165, 1.54) is 38.5 Å². The van der Waals surface area contributed by atoms with Gasteiger partial charge in [0, 0.05) is 12.8 Å². The summed E-state index contributed by atoms with van der Waals surface area (Å²) in [5, 5.41) is 9.69. The first-order chi connectivity index (χ1) is 33.6. The SMILES string of the molecule is CC/C=C\C/C=C\C/C=C\C/C=C\C/C=C\C/C=C\CCCCCCCCC(=O)OC(COC(=O)CCCCCCCC/C=C\C/C=C\C/C=C\CCCCC)COC(OCC[N+](C)(C)C)C(=O)O. The van der Waals surface area contributed by atoms with E-state index >= 15 is 0 Å². The van der Waals surface area contributed by atoms with Crippen LogP contribution in [0.25, 0.3) is 0 Å². The van der Waals surface area contributed by atoms with Crippen molar-refractivity contribution in [2.24, 2.45) is 0 Å². The van der Waals surface area contributed by atoms with Gasteiger partial charge < -0.3 is 28.5 Å². The Balaban J connectivity index is 4.40. The smallest absolute Gasteiger partial charge is 0.361 e. The highest BCUT2D eigenvalue weighted by Crippen LogP contribution is 2.13. The molecule has 2 atom stereocenters. The lowest BCUT2D eigenvalue weighted by Crippen LogP contribution is -2.40. The number of carboxylic acid groups (broad SMARTS) is 1. The highest BCUT2D eigenvalue weighted by Gasteiger charge is 2.25. The van der Waals surface area contributed by atoms with Crippen molar-refractivity contribution in [1.29, 1.82) is 0 Å². The van der Waals surface area contributed by atoms with Crippen molar-refractivity contribution in [1.82, 2.24) is 0 Å². The van der Waals surface area contributed by atoms with Crippen molar-refractivity contribution in [3.05, 3.63) is 109 Å². The Bertz CT molecular complexity index is 1490. The highest BCUT2D eigenvalue weighted by molar-refractivity contribution is 5.71. The molecule has 69 heavy (non-hydrogen) atoms. The molecule has 0 rings (SSSR count). The number of carboxylic acids is 1. The molecule has 0 amide bonds. The molecule has 392 valence electrons. The topological polar surface area (TPSA) is 108 Å². The number of carbonyl (C=O) groups excluding carboxylic acids is 2. The molecule has 0 radical (unpaired) electrons. The van der Waals surface area contributed by atoms with Gasteiger partial charge in [0.2, 0.25) is 0 Å². The predicted octanol–water partition coefficient (Wildman–Crippen LogP) is 15.6. The van der Waals surface area contributed by atoms with Crippen molar-refractivity contribution in [2.45, 2.75) is 206 Å². The second-order valence-corrected chi connectivity index (χ2v) is 18.8. The maximum absolute atomic E-state index is 12.9. The summed E-state index contributed by atoms with van der Waals surface area (Å²) in [6, 6.07) is 0. The minimum atomic E-state index is -1.52. The number of carbonyl (C=O) groups is 3. The molecule has 0 saturated carbocycles. The highest BCUT2D eigenvalue weighted by atomic mass is 16.7. The molecule has 0 spiro atoms. The van der Waals surface area contributed by atoms with E-state index in [-0.39, 0.29) is 38.6 Å². The standard InChI is InChI=1S/C60H99NO8/c1-6-8-10-12-14-16-18-20-22-24-26-27-28-29-30-31-33-35-37-39-41-43-45-47-49-51-58(63)69-56(55-68-60(59(64)65)66-53-52-61(3,4)5)54-67-57(62)50-48-46-44-42-40-38-36-34-32-25-23-21-19-17-15-13-11-9-7-2/h8,10,14-17,20-23,26-27,29-30,32-35,56,60H,6-7,9,11-13,18-19,24-25,28,31,36-55H2,1-5H3/p+1/b10-8-,16-14-,17-15-,22-20-,23-21-,27-26-,30-29-,34-32-,35-33-. The molecular formula is C60H100NO8+. The number of esters is 2. The normalized spacial score (nSPS) is 13.7. The minimum absolute atomic E-state index is 0.176. The molecule has 0 aliphatic rings. The molecule has 2 unspecified atom stereocenters. The van der Waals surface area contributed by atoms with Gasteiger partial charge in [-0.15, -0.1) is 0 Å². The maximum Gasteiger partial charge on any atom is 0.361 e. The second kappa shape index (κ2) is 50.3. The summed E-state index contributed by atoms with van der Waals surface area (Å²) in [6.07, 6.45) is 65.7. The maximum atomic E-state index is 12.9. The number of unbranched alkanes of at least 4 members (excludes halogenated alkanes) is 15. The molecule has 0 bridgehead atoms. The molecule has 0 saturated heterocycles. The zero-order chi connectivity index (χ0) is 50.6. The van der Waals surface area contributed by atoms with Crippen LogP contribution in [0, 0.1) is 0 Å². The number of aliphatic carboxylic acids is 1. The first-order valence-electron chi connectivity index (χ1n) is 27.1. The molecule has 0 aromatic heterocycles. The number of nitrogens with zero attached hydrogens (tertiary/aromatic N) is 1. The van der Waals surface area contributed by atoms with Gasteiger partial charge in [-0.1, -0.05) is 187 Å². The minimum Gasteiger partial charge on any atom is -0.477 e. The van der Waals surface area contributed by atoms with Gasteiger partial charge in [0.1, 0.15) is 13.2 Å². The van der Waals surface area contributed by atoms with Gasteiger partial charge in [-0.25, -0.2) is 4.79 Å². The van der Waals surface area contributed by atoms with E-state index in [9.17, 15) is 19.5 Å². The first kappa shape index (κ1) is 65.0. The average molecular weight is 963 g/mol.